The summed E-state index contributed by atoms with van der Waals surface area (Å²) in [7, 11) is 0. The zero-order chi connectivity index (χ0) is 14.8. The number of nitrogens with one attached hydrogen (secondary N) is 1. The van der Waals surface area contributed by atoms with Crippen LogP contribution in [0.5, 0.6) is 0 Å². The minimum absolute atomic E-state index is 0.166. The molecule has 1 amide bonds. The van der Waals surface area contributed by atoms with Gasteiger partial charge < -0.3 is 5.32 Å². The zero-order valence-electron chi connectivity index (χ0n) is 12.1. The van der Waals surface area contributed by atoms with E-state index in [-0.39, 0.29) is 5.91 Å². The molecule has 0 bridgehead atoms. The molecule has 21 heavy (non-hydrogen) atoms. The van der Waals surface area contributed by atoms with Crippen molar-refractivity contribution in [3.63, 3.8) is 0 Å². The highest BCUT2D eigenvalue weighted by atomic mass is 16.1. The highest BCUT2D eigenvalue weighted by Crippen LogP contribution is 2.05. The maximum atomic E-state index is 12.1. The number of hydrogen-bond donors (Lipinski definition) is 1. The third kappa shape index (κ3) is 2.79. The third-order valence-electron chi connectivity index (χ3n) is 3.32. The van der Waals surface area contributed by atoms with Gasteiger partial charge in [0, 0.05) is 18.4 Å². The van der Waals surface area contributed by atoms with Crippen LogP contribution in [0.4, 0.5) is 0 Å². The van der Waals surface area contributed by atoms with E-state index in [0.717, 1.165) is 16.9 Å². The zero-order valence-corrected chi connectivity index (χ0v) is 12.1. The molecule has 3 heterocycles. The average molecular weight is 283 g/mol. The van der Waals surface area contributed by atoms with Crippen molar-refractivity contribution in [1.82, 2.24) is 24.7 Å². The number of carbonyl (C=O) groups excluding carboxylic acids is 1. The van der Waals surface area contributed by atoms with E-state index in [0.29, 0.717) is 18.8 Å². The van der Waals surface area contributed by atoms with Gasteiger partial charge in [0.05, 0.1) is 17.8 Å². The monoisotopic (exact) mass is 283 g/mol. The second kappa shape index (κ2) is 5.40. The summed E-state index contributed by atoms with van der Waals surface area (Å²) in [5.41, 5.74) is 3.41. The molecule has 0 saturated carbocycles. The lowest BCUT2D eigenvalue weighted by Crippen LogP contribution is -2.28. The molecule has 1 N–H and O–H groups in total. The first-order valence-electron chi connectivity index (χ1n) is 6.87. The van der Waals surface area contributed by atoms with Crippen LogP contribution in [0.3, 0.4) is 0 Å². The van der Waals surface area contributed by atoms with Gasteiger partial charge in [-0.25, -0.2) is 4.52 Å². The van der Waals surface area contributed by atoms with E-state index in [1.807, 2.05) is 49.0 Å². The summed E-state index contributed by atoms with van der Waals surface area (Å²) in [6, 6.07) is 9.51. The number of aryl methyl sites for hydroxylation is 2. The lowest BCUT2D eigenvalue weighted by atomic mass is 10.3. The van der Waals surface area contributed by atoms with Gasteiger partial charge >= 0.3 is 0 Å². The molecular formula is C15H17N5O. The third-order valence-corrected chi connectivity index (χ3v) is 3.32. The van der Waals surface area contributed by atoms with Crippen LogP contribution >= 0.6 is 0 Å². The Bertz CT molecular complexity index is 753. The highest BCUT2D eigenvalue weighted by molar-refractivity contribution is 5.93. The number of pyridine rings is 1. The molecule has 6 nitrogen and oxygen atoms in total. The van der Waals surface area contributed by atoms with Crippen LogP contribution in [-0.2, 0) is 6.54 Å². The fraction of sp³-hybridized carbons (Fsp3) is 0.267. The summed E-state index contributed by atoms with van der Waals surface area (Å²) < 4.78 is 3.58. The molecule has 0 radical (unpaired) electrons. The van der Waals surface area contributed by atoms with E-state index in [9.17, 15) is 4.79 Å². The second-order valence-electron chi connectivity index (χ2n) is 5.01. The Morgan fingerprint density at radius 1 is 1.24 bits per heavy atom. The van der Waals surface area contributed by atoms with Crippen LogP contribution < -0.4 is 5.32 Å². The summed E-state index contributed by atoms with van der Waals surface area (Å²) >= 11 is 0. The van der Waals surface area contributed by atoms with E-state index in [4.69, 9.17) is 0 Å². The van der Waals surface area contributed by atoms with Crippen molar-refractivity contribution in [2.75, 3.05) is 6.54 Å². The van der Waals surface area contributed by atoms with E-state index in [2.05, 4.69) is 15.5 Å². The fourth-order valence-corrected chi connectivity index (χ4v) is 2.32. The van der Waals surface area contributed by atoms with Gasteiger partial charge in [-0.15, -0.1) is 0 Å². The maximum absolute atomic E-state index is 12.1. The Kier molecular flexibility index (Phi) is 3.43. The summed E-state index contributed by atoms with van der Waals surface area (Å²) in [6.07, 6.45) is 1.82. The quantitative estimate of drug-likeness (QED) is 0.790. The molecule has 3 aromatic heterocycles. The van der Waals surface area contributed by atoms with Crippen molar-refractivity contribution in [2.24, 2.45) is 0 Å². The summed E-state index contributed by atoms with van der Waals surface area (Å²) in [4.78, 5) is 12.1. The Hall–Kier alpha value is -2.63. The molecule has 0 spiro atoms. The van der Waals surface area contributed by atoms with Gasteiger partial charge in [-0.05, 0) is 38.1 Å². The number of amides is 1. The molecule has 0 atom stereocenters. The minimum Gasteiger partial charge on any atom is -0.349 e. The normalized spacial score (nSPS) is 11.0. The van der Waals surface area contributed by atoms with Gasteiger partial charge in [0.15, 0.2) is 5.69 Å². The maximum Gasteiger partial charge on any atom is 0.271 e. The summed E-state index contributed by atoms with van der Waals surface area (Å²) in [6.45, 7) is 5.14. The van der Waals surface area contributed by atoms with Crippen LogP contribution in [0, 0.1) is 13.8 Å². The molecule has 3 aromatic rings. The molecule has 0 aromatic carbocycles. The molecule has 0 aliphatic carbocycles. The first-order chi connectivity index (χ1) is 10.1. The van der Waals surface area contributed by atoms with Crippen LogP contribution in [-0.4, -0.2) is 31.8 Å². The van der Waals surface area contributed by atoms with E-state index >= 15 is 0 Å². The fourth-order valence-electron chi connectivity index (χ4n) is 2.32. The minimum atomic E-state index is -0.166. The summed E-state index contributed by atoms with van der Waals surface area (Å²) in [5.74, 6) is -0.166. The van der Waals surface area contributed by atoms with Gasteiger partial charge in [-0.3, -0.25) is 9.48 Å². The Morgan fingerprint density at radius 2 is 2.10 bits per heavy atom. The lowest BCUT2D eigenvalue weighted by Gasteiger charge is -2.05. The van der Waals surface area contributed by atoms with Crippen LogP contribution in [0.1, 0.15) is 21.9 Å². The molecule has 3 rings (SSSR count). The molecule has 0 aliphatic heterocycles. The van der Waals surface area contributed by atoms with E-state index < -0.39 is 0 Å². The molecule has 6 heteroatoms. The van der Waals surface area contributed by atoms with Gasteiger partial charge in [0.25, 0.3) is 5.91 Å². The first-order valence-corrected chi connectivity index (χ1v) is 6.87. The number of carbonyl (C=O) groups is 1. The highest BCUT2D eigenvalue weighted by Gasteiger charge is 2.10. The average Bonchev–Trinajstić information content (AvgIpc) is 3.02. The van der Waals surface area contributed by atoms with Crippen molar-refractivity contribution in [3.8, 4) is 0 Å². The number of rotatable bonds is 4. The van der Waals surface area contributed by atoms with Crippen LogP contribution in [0.2, 0.25) is 0 Å². The number of fused-ring (bicyclic) bond motifs is 1. The second-order valence-corrected chi connectivity index (χ2v) is 5.01. The molecule has 0 saturated heterocycles. The van der Waals surface area contributed by atoms with Crippen molar-refractivity contribution in [3.05, 3.63) is 53.6 Å². The van der Waals surface area contributed by atoms with Gasteiger partial charge in [0.1, 0.15) is 0 Å². The van der Waals surface area contributed by atoms with Crippen LogP contribution in [0.25, 0.3) is 5.52 Å². The predicted octanol–water partition coefficient (Wildman–Crippen LogP) is 1.58. The standard InChI is InChI=1S/C15H17N5O/c1-11-9-12(2)19(17-11)8-6-16-15(21)14-10-13-5-3-4-7-20(13)18-14/h3-5,7,9-10H,6,8H2,1-2H3,(H,16,21). The van der Waals surface area contributed by atoms with Crippen LogP contribution in [0.15, 0.2) is 36.5 Å². The molecule has 0 fully saturated rings. The SMILES string of the molecule is Cc1cc(C)n(CCNC(=O)c2cc3ccccn3n2)n1. The smallest absolute Gasteiger partial charge is 0.271 e. The number of nitrogens with zero attached hydrogens (tertiary/aromatic N) is 4. The Morgan fingerprint density at radius 3 is 2.81 bits per heavy atom. The van der Waals surface area contributed by atoms with Crippen molar-refractivity contribution < 1.29 is 4.79 Å². The van der Waals surface area contributed by atoms with Gasteiger partial charge in [-0.1, -0.05) is 6.07 Å². The Balaban J connectivity index is 1.62. The molecule has 0 unspecified atom stereocenters. The van der Waals surface area contributed by atoms with E-state index in [1.165, 1.54) is 0 Å². The molecular weight excluding hydrogens is 266 g/mol. The summed E-state index contributed by atoms with van der Waals surface area (Å²) in [5, 5.41) is 11.5. The lowest BCUT2D eigenvalue weighted by molar-refractivity contribution is 0.0946. The number of hydrogen-bond acceptors (Lipinski definition) is 3. The van der Waals surface area contributed by atoms with Crippen molar-refractivity contribution in [1.29, 1.82) is 0 Å². The molecule has 0 aliphatic rings. The topological polar surface area (TPSA) is 64.2 Å². The molecule has 108 valence electrons. The van der Waals surface area contributed by atoms with Gasteiger partial charge in [-0.2, -0.15) is 10.2 Å². The first kappa shape index (κ1) is 13.4. The largest absolute Gasteiger partial charge is 0.349 e. The predicted molar refractivity (Wildman–Crippen MR) is 79.2 cm³/mol. The van der Waals surface area contributed by atoms with Crippen molar-refractivity contribution >= 4 is 11.4 Å². The number of aromatic nitrogens is 4. The van der Waals surface area contributed by atoms with Crippen molar-refractivity contribution in [2.45, 2.75) is 20.4 Å². The Labute approximate surface area is 122 Å². The van der Waals surface area contributed by atoms with Gasteiger partial charge in [0.2, 0.25) is 0 Å². The van der Waals surface area contributed by atoms with E-state index in [1.54, 1.807) is 10.6 Å².